The number of aromatic nitrogens is 1. The summed E-state index contributed by atoms with van der Waals surface area (Å²) in [4.78, 5) is 2.35. The minimum absolute atomic E-state index is 1.09. The molecule has 8 aromatic carbocycles. The van der Waals surface area contributed by atoms with Gasteiger partial charge in [0.2, 0.25) is 0 Å². The Morgan fingerprint density at radius 3 is 1.56 bits per heavy atom. The summed E-state index contributed by atoms with van der Waals surface area (Å²) in [6.07, 6.45) is 4.21. The van der Waals surface area contributed by atoms with Gasteiger partial charge in [-0.2, -0.15) is 0 Å². The van der Waals surface area contributed by atoms with Crippen molar-refractivity contribution >= 4 is 88.2 Å². The van der Waals surface area contributed by atoms with Crippen LogP contribution < -0.4 is 4.90 Å². The van der Waals surface area contributed by atoms with E-state index in [9.17, 15) is 0 Å². The Kier molecular flexibility index (Phi) is 7.87. The summed E-state index contributed by atoms with van der Waals surface area (Å²) in [7, 11) is 0. The predicted molar refractivity (Wildman–Crippen MR) is 247 cm³/mol. The highest BCUT2D eigenvalue weighted by molar-refractivity contribution is 7.17. The van der Waals surface area contributed by atoms with Crippen LogP contribution in [-0.2, 0) is 0 Å². The molecule has 0 bridgehead atoms. The lowest BCUT2D eigenvalue weighted by molar-refractivity contribution is 1.28. The number of hydrogen-bond acceptors (Lipinski definition) is 2. The molecule has 57 heavy (non-hydrogen) atoms. The fraction of sp³-hybridized carbons (Fsp3) is 0. The van der Waals surface area contributed by atoms with Gasteiger partial charge in [-0.3, -0.25) is 0 Å². The number of nitrogens with zero attached hydrogens (tertiary/aromatic N) is 2. The van der Waals surface area contributed by atoms with E-state index < -0.39 is 0 Å². The van der Waals surface area contributed by atoms with Gasteiger partial charge in [-0.1, -0.05) is 134 Å². The lowest BCUT2D eigenvalue weighted by Gasteiger charge is -2.26. The number of fused-ring (bicyclic) bond motifs is 7. The van der Waals surface area contributed by atoms with Crippen LogP contribution in [0.25, 0.3) is 82.1 Å². The molecule has 0 fully saturated rings. The second kappa shape index (κ2) is 13.5. The number of thiophene rings is 1. The van der Waals surface area contributed by atoms with Crippen LogP contribution in [-0.4, -0.2) is 4.40 Å². The number of hydrogen-bond donors (Lipinski definition) is 0. The van der Waals surface area contributed by atoms with E-state index in [0.29, 0.717) is 0 Å². The fourth-order valence-corrected chi connectivity index (χ4v) is 9.56. The van der Waals surface area contributed by atoms with Crippen molar-refractivity contribution in [1.29, 1.82) is 0 Å². The van der Waals surface area contributed by atoms with Gasteiger partial charge >= 0.3 is 0 Å². The molecule has 0 amide bonds. The summed E-state index contributed by atoms with van der Waals surface area (Å²) in [5.41, 5.74) is 15.3. The molecule has 0 aliphatic heterocycles. The van der Waals surface area contributed by atoms with Gasteiger partial charge in [-0.05, 0) is 123 Å². The molecule has 11 rings (SSSR count). The average Bonchev–Trinajstić information content (AvgIpc) is 3.96. The minimum atomic E-state index is 1.09. The van der Waals surface area contributed by atoms with Crippen LogP contribution in [0, 0.1) is 0 Å². The van der Waals surface area contributed by atoms with E-state index in [4.69, 9.17) is 0 Å². The maximum Gasteiger partial charge on any atom is 0.0620 e. The molecule has 268 valence electrons. The molecule has 0 saturated heterocycles. The normalized spacial score (nSPS) is 12.0. The zero-order valence-electron chi connectivity index (χ0n) is 31.1. The van der Waals surface area contributed by atoms with Crippen LogP contribution in [0.2, 0.25) is 0 Å². The largest absolute Gasteiger partial charge is 0.311 e. The van der Waals surface area contributed by atoms with Gasteiger partial charge in [0, 0.05) is 43.3 Å². The monoisotopic (exact) mass is 744 g/mol. The molecule has 0 spiro atoms. The Hall–Kier alpha value is -7.20. The first-order valence-electron chi connectivity index (χ1n) is 19.4. The van der Waals surface area contributed by atoms with E-state index in [0.717, 1.165) is 28.2 Å². The second-order valence-electron chi connectivity index (χ2n) is 14.6. The second-order valence-corrected chi connectivity index (χ2v) is 15.5. The van der Waals surface area contributed by atoms with Crippen molar-refractivity contribution in [2.24, 2.45) is 0 Å². The highest BCUT2D eigenvalue weighted by Gasteiger charge is 2.19. The molecule has 0 radical (unpaired) electrons. The number of allylic oxidation sites excluding steroid dienone is 2. The highest BCUT2D eigenvalue weighted by Crippen LogP contribution is 2.43. The fourth-order valence-electron chi connectivity index (χ4n) is 8.64. The zero-order chi connectivity index (χ0) is 37.9. The third-order valence-corrected chi connectivity index (χ3v) is 12.4. The van der Waals surface area contributed by atoms with Crippen molar-refractivity contribution in [1.82, 2.24) is 4.40 Å². The first kappa shape index (κ1) is 33.2. The lowest BCUT2D eigenvalue weighted by atomic mass is 9.98. The molecule has 0 atom stereocenters. The van der Waals surface area contributed by atoms with Crippen LogP contribution in [0.3, 0.4) is 0 Å². The molecule has 3 heterocycles. The van der Waals surface area contributed by atoms with E-state index in [2.05, 4.69) is 215 Å². The lowest BCUT2D eigenvalue weighted by Crippen LogP contribution is -2.09. The number of anilines is 3. The predicted octanol–water partition coefficient (Wildman–Crippen LogP) is 15.6. The topological polar surface area (TPSA) is 7.65 Å². The first-order chi connectivity index (χ1) is 28.2. The minimum Gasteiger partial charge on any atom is -0.311 e. The maximum absolute atomic E-state index is 4.19. The molecule has 3 aromatic heterocycles. The Labute approximate surface area is 335 Å². The Balaban J connectivity index is 0.998. The van der Waals surface area contributed by atoms with E-state index >= 15 is 0 Å². The van der Waals surface area contributed by atoms with Crippen molar-refractivity contribution in [3.8, 4) is 22.3 Å². The Morgan fingerprint density at radius 2 is 0.965 bits per heavy atom. The molecule has 3 heteroatoms. The Morgan fingerprint density at radius 1 is 0.474 bits per heavy atom. The van der Waals surface area contributed by atoms with Crippen LogP contribution in [0.1, 0.15) is 11.1 Å². The van der Waals surface area contributed by atoms with Gasteiger partial charge in [0.25, 0.3) is 0 Å². The van der Waals surface area contributed by atoms with Gasteiger partial charge in [0.15, 0.2) is 0 Å². The molecule has 0 aliphatic carbocycles. The third-order valence-electron chi connectivity index (χ3n) is 11.4. The van der Waals surface area contributed by atoms with Gasteiger partial charge in [0.1, 0.15) is 0 Å². The summed E-state index contributed by atoms with van der Waals surface area (Å²) in [6.45, 7) is 4.19. The average molecular weight is 745 g/mol. The molecule has 0 aliphatic rings. The van der Waals surface area contributed by atoms with Gasteiger partial charge in [0.05, 0.1) is 16.6 Å². The quantitative estimate of drug-likeness (QED) is 0.141. The SMILES string of the molecule is C=CC(=Cc1csc2ccccc12)c1ccc(N(c2ccc(-c3ccccc3)cc2)c2ccc(-c3cc4c5ccccc5n5c6ccccc6c(c3)c45)cc2)cc1. The van der Waals surface area contributed by atoms with Gasteiger partial charge in [-0.25, -0.2) is 0 Å². The number of rotatable bonds is 8. The summed E-state index contributed by atoms with van der Waals surface area (Å²) in [5, 5.41) is 8.66. The van der Waals surface area contributed by atoms with E-state index in [-0.39, 0.29) is 0 Å². The van der Waals surface area contributed by atoms with Crippen molar-refractivity contribution in [3.05, 3.63) is 217 Å². The number of para-hydroxylation sites is 2. The van der Waals surface area contributed by atoms with Crippen molar-refractivity contribution < 1.29 is 0 Å². The zero-order valence-corrected chi connectivity index (χ0v) is 32.0. The summed E-state index contributed by atoms with van der Waals surface area (Å²) in [5.74, 6) is 0. The van der Waals surface area contributed by atoms with Crippen LogP contribution in [0.4, 0.5) is 17.1 Å². The molecular formula is C54H36N2S. The van der Waals surface area contributed by atoms with Crippen molar-refractivity contribution in [2.75, 3.05) is 4.90 Å². The number of benzene rings is 8. The molecule has 11 aromatic rings. The molecule has 0 saturated carbocycles. The van der Waals surface area contributed by atoms with Crippen molar-refractivity contribution in [3.63, 3.8) is 0 Å². The summed E-state index contributed by atoms with van der Waals surface area (Å²) in [6, 6.07) is 68.3. The molecule has 0 N–H and O–H groups in total. The van der Waals surface area contributed by atoms with Crippen LogP contribution >= 0.6 is 11.3 Å². The smallest absolute Gasteiger partial charge is 0.0620 e. The first-order valence-corrected chi connectivity index (χ1v) is 20.2. The van der Waals surface area contributed by atoms with Gasteiger partial charge < -0.3 is 9.30 Å². The van der Waals surface area contributed by atoms with Crippen LogP contribution in [0.5, 0.6) is 0 Å². The van der Waals surface area contributed by atoms with Crippen molar-refractivity contribution in [2.45, 2.75) is 0 Å². The van der Waals surface area contributed by atoms with Crippen LogP contribution in [0.15, 0.2) is 206 Å². The Bertz CT molecular complexity index is 3190. The third kappa shape index (κ3) is 5.55. The van der Waals surface area contributed by atoms with E-state index in [1.165, 1.54) is 76.0 Å². The molecule has 2 nitrogen and oxygen atoms in total. The van der Waals surface area contributed by atoms with E-state index in [1.54, 1.807) is 11.3 Å². The standard InChI is InChI=1S/C54H36N2S/c1-2-36(32-42-35-57-53-19-11-8-14-46(42)53)38-20-26-43(27-21-38)55(44-28-22-39(23-29-44)37-12-4-3-5-13-37)45-30-24-40(25-31-45)41-33-49-47-15-6-9-17-51(47)56-52-18-10-7-16-48(52)50(34-41)54(49)56/h2-35H,1H2. The maximum atomic E-state index is 4.19. The molecule has 0 unspecified atom stereocenters. The molecular weight excluding hydrogens is 709 g/mol. The van der Waals surface area contributed by atoms with Gasteiger partial charge in [-0.15, -0.1) is 11.3 Å². The highest BCUT2D eigenvalue weighted by atomic mass is 32.1. The van der Waals surface area contributed by atoms with E-state index in [1.807, 2.05) is 6.08 Å². The summed E-state index contributed by atoms with van der Waals surface area (Å²) >= 11 is 1.78. The summed E-state index contributed by atoms with van der Waals surface area (Å²) < 4.78 is 3.73.